The lowest BCUT2D eigenvalue weighted by atomic mass is 10.3. The molecule has 0 spiro atoms. The van der Waals surface area contributed by atoms with Crippen LogP contribution in [0.25, 0.3) is 0 Å². The van der Waals surface area contributed by atoms with Crippen LogP contribution in [0.3, 0.4) is 0 Å². The Balaban J connectivity index is 1.39. The molecule has 0 amide bonds. The molecule has 4 nitrogen and oxygen atoms in total. The molecular weight excluding hydrogens is 537 g/mol. The summed E-state index contributed by atoms with van der Waals surface area (Å²) in [6.45, 7) is 2.76. The number of carbonyl (C=O) groups excluding carboxylic acids is 2. The summed E-state index contributed by atoms with van der Waals surface area (Å²) in [5, 5.41) is 4.24. The third-order valence-corrected chi connectivity index (χ3v) is 15.0. The number of carbonyl (C=O) groups is 2. The van der Waals surface area contributed by atoms with Crippen molar-refractivity contribution in [3.63, 3.8) is 0 Å². The van der Waals surface area contributed by atoms with E-state index in [0.717, 1.165) is 14.0 Å². The van der Waals surface area contributed by atoms with Gasteiger partial charge < -0.3 is 9.47 Å². The summed E-state index contributed by atoms with van der Waals surface area (Å²) in [7, 11) is 0. The molecule has 0 atom stereocenters. The van der Waals surface area contributed by atoms with Gasteiger partial charge in [-0.15, -0.1) is 0 Å². The van der Waals surface area contributed by atoms with Crippen molar-refractivity contribution in [1.82, 2.24) is 0 Å². The molecule has 0 radical (unpaired) electrons. The molecule has 0 bridgehead atoms. The maximum Gasteiger partial charge on any atom is 0.308 e. The molecule has 1 aromatic carbocycles. The summed E-state index contributed by atoms with van der Waals surface area (Å²) < 4.78 is 18.4. The Bertz CT molecular complexity index is 1040. The molecule has 0 saturated heterocycles. The molecule has 12 heteroatoms. The van der Waals surface area contributed by atoms with Crippen LogP contribution in [0.15, 0.2) is 58.2 Å². The van der Waals surface area contributed by atoms with Gasteiger partial charge in [-0.3, -0.25) is 9.59 Å². The van der Waals surface area contributed by atoms with Gasteiger partial charge in [0.25, 0.3) is 0 Å². The van der Waals surface area contributed by atoms with Crippen molar-refractivity contribution in [2.75, 3.05) is 0 Å². The minimum Gasteiger partial charge on any atom is -0.425 e. The molecule has 0 N–H and O–H groups in total. The van der Waals surface area contributed by atoms with E-state index in [4.69, 9.17) is 9.47 Å². The van der Waals surface area contributed by atoms with Crippen molar-refractivity contribution in [2.45, 2.75) is 23.6 Å². The molecule has 0 saturated carbocycles. The van der Waals surface area contributed by atoms with Crippen molar-refractivity contribution >= 4 is 106 Å². The number of fused-ring (bicyclic) bond motifs is 1. The molecule has 4 aliphatic rings. The van der Waals surface area contributed by atoms with Crippen molar-refractivity contribution in [1.29, 1.82) is 0 Å². The highest BCUT2D eigenvalue weighted by Crippen LogP contribution is 2.72. The van der Waals surface area contributed by atoms with Gasteiger partial charge >= 0.3 is 11.9 Å². The van der Waals surface area contributed by atoms with E-state index in [1.165, 1.54) is 35.0 Å². The largest absolute Gasteiger partial charge is 0.425 e. The average molecular weight is 547 g/mol. The van der Waals surface area contributed by atoms with Gasteiger partial charge in [0, 0.05) is 13.8 Å². The second kappa shape index (κ2) is 9.05. The fraction of sp³-hybridized carbons (Fsp3) is 0.111. The van der Waals surface area contributed by atoms with Crippen LogP contribution in [0.4, 0.5) is 0 Å². The number of hydrogen-bond acceptors (Lipinski definition) is 12. The Morgan fingerprint density at radius 1 is 0.600 bits per heavy atom. The third kappa shape index (κ3) is 4.39. The molecule has 30 heavy (non-hydrogen) atoms. The lowest BCUT2D eigenvalue weighted by Gasteiger charge is -2.09. The summed E-state index contributed by atoms with van der Waals surface area (Å²) >= 11 is 13.9. The Kier molecular flexibility index (Phi) is 6.56. The molecule has 1 aromatic rings. The molecule has 0 fully saturated rings. The van der Waals surface area contributed by atoms with Gasteiger partial charge in [0.2, 0.25) is 0 Å². The predicted molar refractivity (Wildman–Crippen MR) is 137 cm³/mol. The van der Waals surface area contributed by atoms with Crippen LogP contribution in [0, 0.1) is 0 Å². The third-order valence-electron chi connectivity index (χ3n) is 3.58. The van der Waals surface area contributed by atoms with Crippen LogP contribution in [0.5, 0.6) is 11.5 Å². The predicted octanol–water partition coefficient (Wildman–Crippen LogP) is 8.03. The second-order valence-electron chi connectivity index (χ2n) is 5.75. The zero-order valence-corrected chi connectivity index (χ0v) is 21.7. The fourth-order valence-electron chi connectivity index (χ4n) is 2.54. The quantitative estimate of drug-likeness (QED) is 0.266. The van der Waals surface area contributed by atoms with E-state index in [-0.39, 0.29) is 11.9 Å². The van der Waals surface area contributed by atoms with Crippen LogP contribution in [-0.2, 0) is 9.59 Å². The first-order chi connectivity index (χ1) is 14.5. The Labute approximate surface area is 207 Å². The number of benzene rings is 1. The van der Waals surface area contributed by atoms with E-state index in [1.54, 1.807) is 82.7 Å². The van der Waals surface area contributed by atoms with Gasteiger partial charge in [-0.05, 0) is 22.9 Å². The molecule has 0 aromatic heterocycles. The lowest BCUT2D eigenvalue weighted by Crippen LogP contribution is -2.05. The first kappa shape index (κ1) is 21.7. The van der Waals surface area contributed by atoms with E-state index >= 15 is 0 Å². The van der Waals surface area contributed by atoms with Crippen molar-refractivity contribution in [3.8, 4) is 11.5 Å². The van der Waals surface area contributed by atoms with Crippen LogP contribution in [0.1, 0.15) is 13.8 Å². The first-order valence-corrected chi connectivity index (χ1v) is 15.0. The fourth-order valence-corrected chi connectivity index (χ4v) is 14.0. The Morgan fingerprint density at radius 3 is 1.37 bits per heavy atom. The van der Waals surface area contributed by atoms with E-state index in [9.17, 15) is 9.59 Å². The zero-order valence-electron chi connectivity index (χ0n) is 15.2. The van der Waals surface area contributed by atoms with Crippen molar-refractivity contribution < 1.29 is 19.1 Å². The minimum absolute atomic E-state index is 0.375. The average Bonchev–Trinajstić information content (AvgIpc) is 3.44. The Hall–Kier alpha value is -0.0800. The Morgan fingerprint density at radius 2 is 0.967 bits per heavy atom. The van der Waals surface area contributed by atoms with E-state index in [2.05, 4.69) is 10.8 Å². The molecule has 5 rings (SSSR count). The van der Waals surface area contributed by atoms with Crippen molar-refractivity contribution in [3.05, 3.63) is 48.4 Å². The second-order valence-corrected chi connectivity index (χ2v) is 15.3. The smallest absolute Gasteiger partial charge is 0.308 e. The monoisotopic (exact) mass is 546 g/mol. The van der Waals surface area contributed by atoms with Gasteiger partial charge in [0.1, 0.15) is 11.5 Å². The molecule has 4 heterocycles. The first-order valence-electron chi connectivity index (χ1n) is 8.30. The SMILES string of the molecule is CC(=O)Oc1ccc(OC(C)=O)c2c1SC(=C1SC3=C(SC(=C4SC=CS4)S3)S1)S2. The zero-order chi connectivity index (χ0) is 20.8. The molecule has 154 valence electrons. The summed E-state index contributed by atoms with van der Waals surface area (Å²) in [6.07, 6.45) is 0. The van der Waals surface area contributed by atoms with E-state index < -0.39 is 0 Å². The topological polar surface area (TPSA) is 52.6 Å². The lowest BCUT2D eigenvalue weighted by molar-refractivity contribution is -0.133. The van der Waals surface area contributed by atoms with Gasteiger partial charge in [-0.1, -0.05) is 94.1 Å². The van der Waals surface area contributed by atoms with Crippen LogP contribution >= 0.6 is 94.1 Å². The summed E-state index contributed by atoms with van der Waals surface area (Å²) in [4.78, 5) is 24.7. The van der Waals surface area contributed by atoms with Crippen LogP contribution in [-0.4, -0.2) is 11.9 Å². The maximum atomic E-state index is 11.5. The van der Waals surface area contributed by atoms with Gasteiger partial charge in [-0.25, -0.2) is 0 Å². The highest BCUT2D eigenvalue weighted by Gasteiger charge is 2.37. The molecular formula is C18H10O4S8. The van der Waals surface area contributed by atoms with Crippen LogP contribution < -0.4 is 9.47 Å². The van der Waals surface area contributed by atoms with Gasteiger partial charge in [0.05, 0.1) is 35.2 Å². The number of thioether (sulfide) groups is 8. The summed E-state index contributed by atoms with van der Waals surface area (Å²) in [5.41, 5.74) is 0. The van der Waals surface area contributed by atoms with Gasteiger partial charge in [-0.2, -0.15) is 0 Å². The number of ether oxygens (including phenoxy) is 2. The maximum absolute atomic E-state index is 11.5. The van der Waals surface area contributed by atoms with E-state index in [1.807, 2.05) is 23.5 Å². The standard InChI is InChI=1S/C18H10O4S8/c1-7(19)21-9-3-4-10(22-8(2)20)12-11(9)25-15(26-12)16-29-17-18(30-16)28-14(27-17)13-23-5-6-24-13/h3-6H,1-2H3. The summed E-state index contributed by atoms with van der Waals surface area (Å²) in [5.74, 6) is 0.238. The number of rotatable bonds is 2. The highest BCUT2D eigenvalue weighted by molar-refractivity contribution is 8.49. The number of hydrogen-bond donors (Lipinski definition) is 0. The highest BCUT2D eigenvalue weighted by atomic mass is 32.3. The van der Waals surface area contributed by atoms with E-state index in [0.29, 0.717) is 11.5 Å². The number of esters is 2. The van der Waals surface area contributed by atoms with Crippen LogP contribution in [0.2, 0.25) is 0 Å². The van der Waals surface area contributed by atoms with Gasteiger partial charge in [0.15, 0.2) is 0 Å². The molecule has 0 aliphatic carbocycles. The summed E-state index contributed by atoms with van der Waals surface area (Å²) in [6, 6.07) is 3.37. The molecule has 0 unspecified atom stereocenters. The minimum atomic E-state index is -0.375. The molecule has 4 aliphatic heterocycles. The normalized spacial score (nSPS) is 19.7. The van der Waals surface area contributed by atoms with Crippen molar-refractivity contribution in [2.24, 2.45) is 0 Å².